The van der Waals surface area contributed by atoms with Crippen molar-refractivity contribution in [3.63, 3.8) is 0 Å². The summed E-state index contributed by atoms with van der Waals surface area (Å²) in [6.07, 6.45) is 3.02. The lowest BCUT2D eigenvalue weighted by Gasteiger charge is -2.35. The van der Waals surface area contributed by atoms with Crippen LogP contribution in [0.5, 0.6) is 5.75 Å². The fourth-order valence-electron chi connectivity index (χ4n) is 4.80. The van der Waals surface area contributed by atoms with Crippen LogP contribution in [0.15, 0.2) is 47.8 Å². The zero-order valence-electron chi connectivity index (χ0n) is 20.6. The van der Waals surface area contributed by atoms with Crippen LogP contribution in [0.25, 0.3) is 10.9 Å². The summed E-state index contributed by atoms with van der Waals surface area (Å²) >= 11 is 0. The lowest BCUT2D eigenvalue weighted by molar-refractivity contribution is -0.146. The number of carboxylic acids is 1. The average Bonchev–Trinajstić information content (AvgIpc) is 2.91. The Balaban J connectivity index is 1.43. The highest BCUT2D eigenvalue weighted by molar-refractivity contribution is 6.10. The molecular formula is C28H26F3N3O4. The summed E-state index contributed by atoms with van der Waals surface area (Å²) in [5, 5.41) is 23.9. The maximum atomic E-state index is 13.8. The monoisotopic (exact) mass is 525 g/mol. The van der Waals surface area contributed by atoms with E-state index in [4.69, 9.17) is 4.74 Å². The first kappa shape index (κ1) is 26.9. The number of methoxy groups -OCH3 is 1. The molecule has 0 radical (unpaired) electrons. The third kappa shape index (κ3) is 6.06. The van der Waals surface area contributed by atoms with Crippen LogP contribution in [0.3, 0.4) is 0 Å². The number of benzene rings is 2. The number of carbonyl (C=O) groups is 1. The zero-order chi connectivity index (χ0) is 27.2. The molecule has 3 aromatic rings. The van der Waals surface area contributed by atoms with Crippen molar-refractivity contribution in [2.45, 2.75) is 19.3 Å². The van der Waals surface area contributed by atoms with Crippen LogP contribution in [0, 0.1) is 41.1 Å². The molecule has 0 saturated carbocycles. The van der Waals surface area contributed by atoms with Crippen molar-refractivity contribution in [3.05, 3.63) is 71.2 Å². The summed E-state index contributed by atoms with van der Waals surface area (Å²) in [7, 11) is 1.56. The van der Waals surface area contributed by atoms with Gasteiger partial charge in [0.25, 0.3) is 0 Å². The molecule has 2 heterocycles. The highest BCUT2D eigenvalue weighted by atomic mass is 19.2. The van der Waals surface area contributed by atoms with Gasteiger partial charge >= 0.3 is 5.97 Å². The Hall–Kier alpha value is -4.10. The molecule has 1 fully saturated rings. The van der Waals surface area contributed by atoms with Crippen LogP contribution in [0.1, 0.15) is 30.4 Å². The normalized spacial score (nSPS) is 18.2. The minimum atomic E-state index is -1.31. The van der Waals surface area contributed by atoms with Crippen LogP contribution in [-0.2, 0) is 4.79 Å². The molecule has 2 atom stereocenters. The second kappa shape index (κ2) is 12.0. The predicted octanol–water partition coefficient (Wildman–Crippen LogP) is 4.69. The molecule has 2 unspecified atom stereocenters. The molecule has 0 amide bonds. The molecule has 198 valence electrons. The predicted molar refractivity (Wildman–Crippen MR) is 135 cm³/mol. The van der Waals surface area contributed by atoms with Crippen molar-refractivity contribution < 1.29 is 33.0 Å². The second-order valence-electron chi connectivity index (χ2n) is 9.11. The molecule has 1 saturated heterocycles. The fraction of sp³-hybridized carbons (Fsp3) is 0.321. The second-order valence-corrected chi connectivity index (χ2v) is 9.11. The van der Waals surface area contributed by atoms with Gasteiger partial charge in [-0.3, -0.25) is 14.7 Å². The summed E-state index contributed by atoms with van der Waals surface area (Å²) in [6.45, 7) is 0.891. The topological polar surface area (TPSA) is 95.2 Å². The Morgan fingerprint density at radius 2 is 2.05 bits per heavy atom. The number of likely N-dealkylation sites (tertiary alicyclic amines) is 1. The number of carboxylic acid groups (broad SMARTS) is 1. The number of ether oxygens (including phenoxy) is 1. The third-order valence-corrected chi connectivity index (χ3v) is 6.81. The van der Waals surface area contributed by atoms with Gasteiger partial charge in [0.2, 0.25) is 0 Å². The van der Waals surface area contributed by atoms with Crippen molar-refractivity contribution in [2.24, 2.45) is 17.0 Å². The van der Waals surface area contributed by atoms with E-state index in [9.17, 15) is 28.3 Å². The van der Waals surface area contributed by atoms with Gasteiger partial charge in [0, 0.05) is 29.8 Å². The largest absolute Gasteiger partial charge is 0.497 e. The number of hydrogen-bond acceptors (Lipinski definition) is 6. The fourth-order valence-corrected chi connectivity index (χ4v) is 4.80. The van der Waals surface area contributed by atoms with E-state index in [2.05, 4.69) is 22.0 Å². The smallest absolute Gasteiger partial charge is 0.308 e. The average molecular weight is 526 g/mol. The minimum Gasteiger partial charge on any atom is -0.497 e. The molecule has 0 spiro atoms. The van der Waals surface area contributed by atoms with Gasteiger partial charge in [-0.25, -0.2) is 13.2 Å². The standard InChI is InChI=1S/C28H26F3N3O4/c1-38-20-5-7-25-22(15-20)21(8-10-32-25)26(33-37)6-4-17-9-12-34(16-23(17)28(35)36)11-2-3-18-13-19(29)14-24(30)27(18)31/h5,7-8,10,13-15,17,23,37H,4,6,9,11-12,16H2,1H3,(H,35,36). The minimum absolute atomic E-state index is 0.127. The number of pyridine rings is 1. The number of piperidine rings is 1. The van der Waals surface area contributed by atoms with Crippen LogP contribution in [0.4, 0.5) is 13.2 Å². The van der Waals surface area contributed by atoms with Gasteiger partial charge in [0.15, 0.2) is 11.6 Å². The Morgan fingerprint density at radius 1 is 1.24 bits per heavy atom. The Kier molecular flexibility index (Phi) is 8.48. The third-order valence-electron chi connectivity index (χ3n) is 6.81. The van der Waals surface area contributed by atoms with E-state index in [0.29, 0.717) is 54.4 Å². The van der Waals surface area contributed by atoms with Crippen molar-refractivity contribution >= 4 is 22.6 Å². The van der Waals surface area contributed by atoms with E-state index in [-0.39, 0.29) is 24.6 Å². The first-order valence-electron chi connectivity index (χ1n) is 12.0. The van der Waals surface area contributed by atoms with E-state index in [1.54, 1.807) is 25.4 Å². The summed E-state index contributed by atoms with van der Waals surface area (Å²) in [4.78, 5) is 18.2. The molecule has 7 nitrogen and oxygen atoms in total. The molecule has 2 aromatic carbocycles. The van der Waals surface area contributed by atoms with Crippen LogP contribution in [0.2, 0.25) is 0 Å². The molecule has 0 bridgehead atoms. The van der Waals surface area contributed by atoms with Crippen molar-refractivity contribution in [1.82, 2.24) is 9.88 Å². The number of oxime groups is 1. The molecule has 2 N–H and O–H groups in total. The van der Waals surface area contributed by atoms with E-state index in [0.717, 1.165) is 11.5 Å². The summed E-state index contributed by atoms with van der Waals surface area (Å²) < 4.78 is 45.9. The van der Waals surface area contributed by atoms with Crippen molar-refractivity contribution in [1.29, 1.82) is 0 Å². The number of halogens is 3. The van der Waals surface area contributed by atoms with Gasteiger partial charge in [-0.05, 0) is 62.1 Å². The number of aromatic nitrogens is 1. The number of fused-ring (bicyclic) bond motifs is 1. The molecule has 10 heteroatoms. The first-order valence-corrected chi connectivity index (χ1v) is 12.0. The van der Waals surface area contributed by atoms with E-state index in [1.807, 2.05) is 17.0 Å². The zero-order valence-corrected chi connectivity index (χ0v) is 20.6. The van der Waals surface area contributed by atoms with Crippen molar-refractivity contribution in [2.75, 3.05) is 26.7 Å². The Labute approximate surface area is 217 Å². The molecule has 1 aliphatic heterocycles. The number of rotatable bonds is 7. The van der Waals surface area contributed by atoms with Crippen molar-refractivity contribution in [3.8, 4) is 17.6 Å². The van der Waals surface area contributed by atoms with E-state index >= 15 is 0 Å². The van der Waals surface area contributed by atoms with Crippen LogP contribution >= 0.6 is 0 Å². The van der Waals surface area contributed by atoms with Crippen LogP contribution < -0.4 is 4.74 Å². The number of aliphatic carboxylic acids is 1. The van der Waals surface area contributed by atoms with E-state index < -0.39 is 29.3 Å². The summed E-state index contributed by atoms with van der Waals surface area (Å²) in [5.74, 6) is 0.480. The molecule has 1 aliphatic rings. The van der Waals surface area contributed by atoms with Gasteiger partial charge < -0.3 is 15.1 Å². The summed E-state index contributed by atoms with van der Waals surface area (Å²) in [6, 6.07) is 8.43. The number of hydrogen-bond donors (Lipinski definition) is 2. The van der Waals surface area contributed by atoms with Crippen LogP contribution in [-0.4, -0.2) is 58.6 Å². The maximum Gasteiger partial charge on any atom is 0.308 e. The lowest BCUT2D eigenvalue weighted by atomic mass is 9.81. The Morgan fingerprint density at radius 3 is 2.79 bits per heavy atom. The van der Waals surface area contributed by atoms with Gasteiger partial charge in [-0.1, -0.05) is 17.0 Å². The SMILES string of the molecule is COc1ccc2nccc(C(CCC3CCN(CC#Cc4cc(F)cc(F)c4F)CC3C(=O)O)=NO)c2c1. The summed E-state index contributed by atoms with van der Waals surface area (Å²) in [5.41, 5.74) is 1.44. The highest BCUT2D eigenvalue weighted by Crippen LogP contribution is 2.30. The quantitative estimate of drug-likeness (QED) is 0.153. The number of nitrogens with zero attached hydrogens (tertiary/aromatic N) is 3. The molecular weight excluding hydrogens is 499 g/mol. The highest BCUT2D eigenvalue weighted by Gasteiger charge is 2.34. The first-order chi connectivity index (χ1) is 18.3. The van der Waals surface area contributed by atoms with Gasteiger partial charge in [-0.15, -0.1) is 0 Å². The van der Waals surface area contributed by atoms with E-state index in [1.165, 1.54) is 0 Å². The lowest BCUT2D eigenvalue weighted by Crippen LogP contribution is -2.44. The molecule has 1 aromatic heterocycles. The Bertz CT molecular complexity index is 1430. The molecule has 38 heavy (non-hydrogen) atoms. The van der Waals surface area contributed by atoms with Gasteiger partial charge in [-0.2, -0.15) is 0 Å². The van der Waals surface area contributed by atoms with Gasteiger partial charge in [0.05, 0.1) is 36.4 Å². The molecule has 4 rings (SSSR count). The maximum absolute atomic E-state index is 13.8. The molecule has 0 aliphatic carbocycles. The van der Waals surface area contributed by atoms with Gasteiger partial charge in [0.1, 0.15) is 11.6 Å².